The summed E-state index contributed by atoms with van der Waals surface area (Å²) in [6, 6.07) is 15.4. The van der Waals surface area contributed by atoms with Crippen molar-refractivity contribution >= 4 is 5.91 Å². The number of hydrogen-bond acceptors (Lipinski definition) is 5. The first-order chi connectivity index (χ1) is 13.5. The highest BCUT2D eigenvalue weighted by molar-refractivity contribution is 5.95. The van der Waals surface area contributed by atoms with Crippen LogP contribution in [0, 0.1) is 6.92 Å². The van der Waals surface area contributed by atoms with Gasteiger partial charge in [-0.2, -0.15) is 9.78 Å². The van der Waals surface area contributed by atoms with E-state index in [1.54, 1.807) is 18.2 Å². The number of para-hydroxylation sites is 1. The average Bonchev–Trinajstić information content (AvgIpc) is 2.68. The second-order valence-corrected chi connectivity index (χ2v) is 6.67. The summed E-state index contributed by atoms with van der Waals surface area (Å²) in [5, 5.41) is 17.2. The molecule has 3 aromatic rings. The van der Waals surface area contributed by atoms with Crippen molar-refractivity contribution in [2.24, 2.45) is 0 Å². The Hall–Kier alpha value is -3.61. The van der Waals surface area contributed by atoms with Crippen LogP contribution in [0.15, 0.2) is 59.4 Å². The summed E-state index contributed by atoms with van der Waals surface area (Å²) in [6.45, 7) is 2.37. The van der Waals surface area contributed by atoms with Crippen LogP contribution >= 0.6 is 0 Å². The van der Waals surface area contributed by atoms with Crippen molar-refractivity contribution in [3.63, 3.8) is 0 Å². The SMILES string of the molecule is Cc1cccc(-n2nc(C(=O)NC3CCOc4ccccc43)c(O)cc2=O)c1. The van der Waals surface area contributed by atoms with Crippen molar-refractivity contribution < 1.29 is 14.6 Å². The molecule has 2 N–H and O–H groups in total. The van der Waals surface area contributed by atoms with Crippen molar-refractivity contribution in [3.05, 3.63) is 81.8 Å². The van der Waals surface area contributed by atoms with Crippen molar-refractivity contribution in [1.29, 1.82) is 0 Å². The molecule has 1 aromatic heterocycles. The molecule has 7 nitrogen and oxygen atoms in total. The van der Waals surface area contributed by atoms with Gasteiger partial charge in [-0.25, -0.2) is 0 Å². The maximum absolute atomic E-state index is 12.8. The number of aromatic nitrogens is 2. The number of hydrogen-bond donors (Lipinski definition) is 2. The second kappa shape index (κ2) is 7.19. The fourth-order valence-electron chi connectivity index (χ4n) is 3.27. The van der Waals surface area contributed by atoms with Crippen LogP contribution in [0.4, 0.5) is 0 Å². The van der Waals surface area contributed by atoms with Gasteiger partial charge < -0.3 is 15.2 Å². The normalized spacial score (nSPS) is 15.4. The summed E-state index contributed by atoms with van der Waals surface area (Å²) >= 11 is 0. The molecule has 28 heavy (non-hydrogen) atoms. The highest BCUT2D eigenvalue weighted by Gasteiger charge is 2.25. The lowest BCUT2D eigenvalue weighted by molar-refractivity contribution is 0.0914. The maximum Gasteiger partial charge on any atom is 0.276 e. The van der Waals surface area contributed by atoms with E-state index in [0.29, 0.717) is 18.7 Å². The second-order valence-electron chi connectivity index (χ2n) is 6.67. The lowest BCUT2D eigenvalue weighted by Gasteiger charge is -2.26. The van der Waals surface area contributed by atoms with Gasteiger partial charge in [0.25, 0.3) is 11.5 Å². The first-order valence-electron chi connectivity index (χ1n) is 8.96. The van der Waals surface area contributed by atoms with Crippen molar-refractivity contribution in [3.8, 4) is 17.2 Å². The summed E-state index contributed by atoms with van der Waals surface area (Å²) in [6.07, 6.45) is 0.598. The van der Waals surface area contributed by atoms with E-state index in [2.05, 4.69) is 10.4 Å². The molecule has 0 saturated heterocycles. The van der Waals surface area contributed by atoms with Gasteiger partial charge in [0.2, 0.25) is 0 Å². The van der Waals surface area contributed by atoms with Gasteiger partial charge in [0.05, 0.1) is 18.3 Å². The Morgan fingerprint density at radius 1 is 1.21 bits per heavy atom. The number of nitrogens with one attached hydrogen (secondary N) is 1. The molecule has 1 amide bonds. The highest BCUT2D eigenvalue weighted by atomic mass is 16.5. The fraction of sp³-hybridized carbons (Fsp3) is 0.190. The van der Waals surface area contributed by atoms with Crippen LogP contribution in [0.5, 0.6) is 11.5 Å². The molecule has 4 rings (SSSR count). The van der Waals surface area contributed by atoms with Crippen molar-refractivity contribution in [1.82, 2.24) is 15.1 Å². The lowest BCUT2D eigenvalue weighted by atomic mass is 10.0. The minimum Gasteiger partial charge on any atom is -0.505 e. The standard InChI is InChI=1S/C21H19N3O4/c1-13-5-4-6-14(11-13)24-19(26)12-17(25)20(23-24)21(27)22-16-9-10-28-18-8-3-2-7-15(16)18/h2-8,11-12,16,25H,9-10H2,1H3,(H,22,27). The molecule has 0 bridgehead atoms. The molecule has 1 aliphatic rings. The number of nitrogens with zero attached hydrogens (tertiary/aromatic N) is 2. The third-order valence-corrected chi connectivity index (χ3v) is 4.64. The van der Waals surface area contributed by atoms with E-state index >= 15 is 0 Å². The van der Waals surface area contributed by atoms with E-state index in [-0.39, 0.29) is 11.7 Å². The first kappa shape index (κ1) is 17.8. The predicted octanol–water partition coefficient (Wildman–Crippen LogP) is 2.50. The van der Waals surface area contributed by atoms with E-state index in [4.69, 9.17) is 4.74 Å². The molecule has 1 unspecified atom stereocenters. The number of amides is 1. The van der Waals surface area contributed by atoms with Gasteiger partial charge in [0.1, 0.15) is 5.75 Å². The molecule has 0 saturated carbocycles. The lowest BCUT2D eigenvalue weighted by Crippen LogP contribution is -2.34. The van der Waals surface area contributed by atoms with Crippen LogP contribution in [-0.4, -0.2) is 27.4 Å². The molecule has 1 aliphatic heterocycles. The van der Waals surface area contributed by atoms with Gasteiger partial charge in [0.15, 0.2) is 11.4 Å². The summed E-state index contributed by atoms with van der Waals surface area (Å²) < 4.78 is 6.72. The Balaban J connectivity index is 1.67. The van der Waals surface area contributed by atoms with Crippen molar-refractivity contribution in [2.75, 3.05) is 6.61 Å². The van der Waals surface area contributed by atoms with Crippen LogP contribution in [0.2, 0.25) is 0 Å². The Morgan fingerprint density at radius 3 is 2.86 bits per heavy atom. The third kappa shape index (κ3) is 3.34. The minimum atomic E-state index is -0.555. The highest BCUT2D eigenvalue weighted by Crippen LogP contribution is 2.31. The number of rotatable bonds is 3. The fourth-order valence-corrected chi connectivity index (χ4v) is 3.27. The topological polar surface area (TPSA) is 93.5 Å². The molecule has 0 aliphatic carbocycles. The first-order valence-corrected chi connectivity index (χ1v) is 8.96. The molecule has 1 atom stereocenters. The van der Waals surface area contributed by atoms with Crippen LogP contribution in [-0.2, 0) is 0 Å². The third-order valence-electron chi connectivity index (χ3n) is 4.64. The predicted molar refractivity (Wildman–Crippen MR) is 103 cm³/mol. The summed E-state index contributed by atoms with van der Waals surface area (Å²) in [5.74, 6) is -0.284. The zero-order valence-electron chi connectivity index (χ0n) is 15.3. The molecule has 0 spiro atoms. The Kier molecular flexibility index (Phi) is 4.57. The zero-order chi connectivity index (χ0) is 19.7. The van der Waals surface area contributed by atoms with E-state index in [1.807, 2.05) is 37.3 Å². The monoisotopic (exact) mass is 377 g/mol. The molecular weight excluding hydrogens is 358 g/mol. The van der Waals surface area contributed by atoms with Gasteiger partial charge >= 0.3 is 0 Å². The number of carbonyl (C=O) groups is 1. The Labute approximate surface area is 161 Å². The molecular formula is C21H19N3O4. The van der Waals surface area contributed by atoms with Crippen LogP contribution in [0.25, 0.3) is 5.69 Å². The minimum absolute atomic E-state index is 0.204. The smallest absolute Gasteiger partial charge is 0.276 e. The molecule has 0 fully saturated rings. The van der Waals surface area contributed by atoms with Crippen molar-refractivity contribution in [2.45, 2.75) is 19.4 Å². The van der Waals surface area contributed by atoms with E-state index in [9.17, 15) is 14.7 Å². The largest absolute Gasteiger partial charge is 0.505 e. The molecule has 2 aromatic carbocycles. The molecule has 142 valence electrons. The van der Waals surface area contributed by atoms with Gasteiger partial charge in [-0.3, -0.25) is 9.59 Å². The number of aromatic hydroxyl groups is 1. The van der Waals surface area contributed by atoms with Crippen LogP contribution < -0.4 is 15.6 Å². The van der Waals surface area contributed by atoms with Gasteiger partial charge in [-0.1, -0.05) is 30.3 Å². The number of aryl methyl sites for hydroxylation is 1. The number of carbonyl (C=O) groups excluding carboxylic acids is 1. The number of fused-ring (bicyclic) bond motifs is 1. The zero-order valence-corrected chi connectivity index (χ0v) is 15.3. The van der Waals surface area contributed by atoms with Crippen LogP contribution in [0.3, 0.4) is 0 Å². The maximum atomic E-state index is 12.8. The summed E-state index contributed by atoms with van der Waals surface area (Å²) in [7, 11) is 0. The number of ether oxygens (including phenoxy) is 1. The van der Waals surface area contributed by atoms with Gasteiger partial charge in [0, 0.05) is 18.1 Å². The summed E-state index contributed by atoms with van der Waals surface area (Å²) in [4.78, 5) is 25.1. The van der Waals surface area contributed by atoms with Gasteiger partial charge in [-0.15, -0.1) is 0 Å². The summed E-state index contributed by atoms with van der Waals surface area (Å²) in [5.41, 5.74) is 1.62. The average molecular weight is 377 g/mol. The Morgan fingerprint density at radius 2 is 2.04 bits per heavy atom. The quantitative estimate of drug-likeness (QED) is 0.732. The van der Waals surface area contributed by atoms with E-state index in [1.165, 1.54) is 0 Å². The molecule has 7 heteroatoms. The van der Waals surface area contributed by atoms with Gasteiger partial charge in [-0.05, 0) is 30.7 Å². The molecule has 0 radical (unpaired) electrons. The number of benzene rings is 2. The van der Waals surface area contributed by atoms with E-state index < -0.39 is 17.2 Å². The Bertz CT molecular complexity index is 1110. The van der Waals surface area contributed by atoms with Crippen LogP contribution in [0.1, 0.15) is 34.1 Å². The molecule has 2 heterocycles. The van der Waals surface area contributed by atoms with E-state index in [0.717, 1.165) is 27.6 Å².